The van der Waals surface area contributed by atoms with Crippen LogP contribution in [-0.4, -0.2) is 9.78 Å². The summed E-state index contributed by atoms with van der Waals surface area (Å²) in [6, 6.07) is 11.5. The van der Waals surface area contributed by atoms with E-state index in [0.717, 1.165) is 11.4 Å². The molecule has 0 N–H and O–H groups in total. The summed E-state index contributed by atoms with van der Waals surface area (Å²) in [5.41, 5.74) is 1.73. The van der Waals surface area contributed by atoms with Crippen molar-refractivity contribution in [2.75, 3.05) is 0 Å². The fourth-order valence-corrected chi connectivity index (χ4v) is 1.59. The molecule has 2 nitrogen and oxygen atoms in total. The van der Waals surface area contributed by atoms with Crippen LogP contribution in [0.4, 0.5) is 0 Å². The first-order valence-corrected chi connectivity index (χ1v) is 5.04. The summed E-state index contributed by atoms with van der Waals surface area (Å²) in [5.74, 6) is 0. The Labute approximate surface area is 92.1 Å². The van der Waals surface area contributed by atoms with Crippen molar-refractivity contribution in [3.8, 4) is 5.69 Å². The lowest BCUT2D eigenvalue weighted by Gasteiger charge is -2.06. The van der Waals surface area contributed by atoms with E-state index < -0.39 is 4.84 Å². The van der Waals surface area contributed by atoms with Crippen LogP contribution in [0.3, 0.4) is 0 Å². The maximum Gasteiger partial charge on any atom is 0.149 e. The summed E-state index contributed by atoms with van der Waals surface area (Å²) in [5, 5.41) is 4.16. The van der Waals surface area contributed by atoms with Crippen molar-refractivity contribution in [3.05, 3.63) is 48.3 Å². The van der Waals surface area contributed by atoms with E-state index in [0.29, 0.717) is 0 Å². The van der Waals surface area contributed by atoms with E-state index >= 15 is 0 Å². The minimum Gasteiger partial charge on any atom is -0.235 e. The molecule has 1 aromatic carbocycles. The molecule has 2 rings (SSSR count). The van der Waals surface area contributed by atoms with Crippen molar-refractivity contribution < 1.29 is 0 Å². The zero-order chi connectivity index (χ0) is 9.97. The zero-order valence-electron chi connectivity index (χ0n) is 7.27. The van der Waals surface area contributed by atoms with E-state index in [4.69, 9.17) is 23.2 Å². The molecule has 0 spiro atoms. The highest BCUT2D eigenvalue weighted by molar-refractivity contribution is 6.43. The number of nitrogens with zero attached hydrogens (tertiary/aromatic N) is 2. The monoisotopic (exact) mass is 226 g/mol. The number of hydrogen-bond donors (Lipinski definition) is 0. The molecule has 0 atom stereocenters. The fraction of sp³-hybridized carbons (Fsp3) is 0.100. The number of para-hydroxylation sites is 1. The van der Waals surface area contributed by atoms with E-state index in [1.54, 1.807) is 16.9 Å². The molecule has 1 aromatic heterocycles. The Hall–Kier alpha value is -0.990. The molecule has 0 radical (unpaired) electrons. The van der Waals surface area contributed by atoms with E-state index in [9.17, 15) is 0 Å². The molecule has 2 aromatic rings. The Bertz CT molecular complexity index is 409. The van der Waals surface area contributed by atoms with Crippen molar-refractivity contribution in [3.63, 3.8) is 0 Å². The quantitative estimate of drug-likeness (QED) is 0.719. The van der Waals surface area contributed by atoms with Crippen LogP contribution < -0.4 is 0 Å². The third kappa shape index (κ3) is 1.76. The third-order valence-electron chi connectivity index (χ3n) is 1.90. The van der Waals surface area contributed by atoms with E-state index in [-0.39, 0.29) is 0 Å². The second-order valence-corrected chi connectivity index (χ2v) is 3.90. The third-order valence-corrected chi connectivity index (χ3v) is 2.34. The Morgan fingerprint density at radius 2 is 1.79 bits per heavy atom. The van der Waals surface area contributed by atoms with Gasteiger partial charge in [0.1, 0.15) is 4.84 Å². The van der Waals surface area contributed by atoms with Crippen LogP contribution >= 0.6 is 23.2 Å². The number of rotatable bonds is 2. The lowest BCUT2D eigenvalue weighted by Crippen LogP contribution is -2.00. The van der Waals surface area contributed by atoms with Gasteiger partial charge in [0.2, 0.25) is 0 Å². The van der Waals surface area contributed by atoms with Gasteiger partial charge in [-0.25, -0.2) is 4.68 Å². The first kappa shape index (κ1) is 9.56. The summed E-state index contributed by atoms with van der Waals surface area (Å²) < 4.78 is 1.73. The Kier molecular flexibility index (Phi) is 2.75. The van der Waals surface area contributed by atoms with Crippen LogP contribution in [0.1, 0.15) is 10.5 Å². The maximum atomic E-state index is 5.80. The molecular formula is C10H8Cl2N2. The summed E-state index contributed by atoms with van der Waals surface area (Å²) in [6.07, 6.45) is 1.68. The highest BCUT2D eigenvalue weighted by Crippen LogP contribution is 2.25. The van der Waals surface area contributed by atoms with Gasteiger partial charge >= 0.3 is 0 Å². The van der Waals surface area contributed by atoms with Gasteiger partial charge in [0.25, 0.3) is 0 Å². The lowest BCUT2D eigenvalue weighted by atomic mass is 10.3. The smallest absolute Gasteiger partial charge is 0.149 e. The molecule has 1 heterocycles. The standard InChI is InChI=1S/C10H8Cl2N2/c11-10(12)9-6-7-13-14(9)8-4-2-1-3-5-8/h1-7,10H. The minimum absolute atomic E-state index is 0.558. The molecule has 0 bridgehead atoms. The number of benzene rings is 1. The van der Waals surface area contributed by atoms with Crippen molar-refractivity contribution in [2.45, 2.75) is 4.84 Å². The Morgan fingerprint density at radius 3 is 2.43 bits per heavy atom. The molecule has 14 heavy (non-hydrogen) atoms. The SMILES string of the molecule is ClC(Cl)c1ccnn1-c1ccccc1. The van der Waals surface area contributed by atoms with Crippen LogP contribution in [0.5, 0.6) is 0 Å². The summed E-state index contributed by atoms with van der Waals surface area (Å²) in [6.45, 7) is 0. The van der Waals surface area contributed by atoms with Gasteiger partial charge in [-0.05, 0) is 18.2 Å². The highest BCUT2D eigenvalue weighted by Gasteiger charge is 2.10. The predicted octanol–water partition coefficient (Wildman–Crippen LogP) is 3.35. The van der Waals surface area contributed by atoms with Gasteiger partial charge in [-0.15, -0.1) is 0 Å². The van der Waals surface area contributed by atoms with Crippen molar-refractivity contribution in [1.29, 1.82) is 0 Å². The number of alkyl halides is 2. The molecule has 0 aliphatic carbocycles. The number of halogens is 2. The average Bonchev–Trinajstić information content (AvgIpc) is 2.67. The maximum absolute atomic E-state index is 5.80. The second-order valence-electron chi connectivity index (χ2n) is 2.80. The van der Waals surface area contributed by atoms with Crippen LogP contribution in [-0.2, 0) is 0 Å². The van der Waals surface area contributed by atoms with E-state index in [1.165, 1.54) is 0 Å². The van der Waals surface area contributed by atoms with Gasteiger partial charge in [-0.3, -0.25) is 0 Å². The van der Waals surface area contributed by atoms with E-state index in [1.807, 2.05) is 30.3 Å². The van der Waals surface area contributed by atoms with Gasteiger partial charge in [-0.1, -0.05) is 41.4 Å². The molecule has 72 valence electrons. The largest absolute Gasteiger partial charge is 0.235 e. The molecule has 0 fully saturated rings. The van der Waals surface area contributed by atoms with Crippen LogP contribution in [0.15, 0.2) is 42.6 Å². The van der Waals surface area contributed by atoms with Crippen LogP contribution in [0.2, 0.25) is 0 Å². The lowest BCUT2D eigenvalue weighted by molar-refractivity contribution is 0.835. The second kappa shape index (κ2) is 4.03. The molecule has 0 saturated heterocycles. The molecule has 0 aliphatic heterocycles. The minimum atomic E-state index is -0.558. The van der Waals surface area contributed by atoms with Crippen LogP contribution in [0.25, 0.3) is 5.69 Å². The van der Waals surface area contributed by atoms with Crippen LogP contribution in [0, 0.1) is 0 Å². The van der Waals surface area contributed by atoms with Gasteiger partial charge in [0, 0.05) is 6.20 Å². The van der Waals surface area contributed by atoms with Crippen molar-refractivity contribution in [1.82, 2.24) is 9.78 Å². The van der Waals surface area contributed by atoms with Gasteiger partial charge < -0.3 is 0 Å². The molecule has 4 heteroatoms. The summed E-state index contributed by atoms with van der Waals surface area (Å²) in [4.78, 5) is -0.558. The molecule has 0 amide bonds. The first-order valence-electron chi connectivity index (χ1n) is 4.16. The van der Waals surface area contributed by atoms with Gasteiger partial charge in [0.15, 0.2) is 0 Å². The fourth-order valence-electron chi connectivity index (χ4n) is 1.26. The molecule has 0 aliphatic rings. The Balaban J connectivity index is 2.47. The number of hydrogen-bond acceptors (Lipinski definition) is 1. The van der Waals surface area contributed by atoms with Gasteiger partial charge in [0.05, 0.1) is 11.4 Å². The topological polar surface area (TPSA) is 17.8 Å². The van der Waals surface area contributed by atoms with Crippen molar-refractivity contribution >= 4 is 23.2 Å². The molecular weight excluding hydrogens is 219 g/mol. The molecule has 0 saturated carbocycles. The normalized spacial score (nSPS) is 10.8. The zero-order valence-corrected chi connectivity index (χ0v) is 8.78. The van der Waals surface area contributed by atoms with Gasteiger partial charge in [-0.2, -0.15) is 5.10 Å². The summed E-state index contributed by atoms with van der Waals surface area (Å²) >= 11 is 11.6. The predicted molar refractivity (Wildman–Crippen MR) is 58.0 cm³/mol. The average molecular weight is 227 g/mol. The Morgan fingerprint density at radius 1 is 1.07 bits per heavy atom. The van der Waals surface area contributed by atoms with Crippen molar-refractivity contribution in [2.24, 2.45) is 0 Å². The highest BCUT2D eigenvalue weighted by atomic mass is 35.5. The van der Waals surface area contributed by atoms with E-state index in [2.05, 4.69) is 5.10 Å². The summed E-state index contributed by atoms with van der Waals surface area (Å²) in [7, 11) is 0. The number of aromatic nitrogens is 2. The molecule has 0 unspecified atom stereocenters. The first-order chi connectivity index (χ1) is 6.79.